The van der Waals surface area contributed by atoms with Crippen LogP contribution in [0.5, 0.6) is 5.75 Å². The second-order valence-electron chi connectivity index (χ2n) is 7.34. The topological polar surface area (TPSA) is 50.8 Å². The van der Waals surface area contributed by atoms with Crippen LogP contribution in [0.3, 0.4) is 0 Å². The lowest BCUT2D eigenvalue weighted by Gasteiger charge is -2.37. The van der Waals surface area contributed by atoms with Gasteiger partial charge in [0.1, 0.15) is 5.75 Å². The maximum atomic E-state index is 12.7. The number of nitrogens with one attached hydrogen (secondary N) is 1. The van der Waals surface area contributed by atoms with Gasteiger partial charge in [0.2, 0.25) is 5.91 Å². The van der Waals surface area contributed by atoms with Crippen LogP contribution in [0.25, 0.3) is 0 Å². The second kappa shape index (κ2) is 8.11. The van der Waals surface area contributed by atoms with Crippen LogP contribution in [0.2, 0.25) is 0 Å². The van der Waals surface area contributed by atoms with Crippen LogP contribution < -0.4 is 10.1 Å². The molecule has 0 spiro atoms. The van der Waals surface area contributed by atoms with Gasteiger partial charge >= 0.3 is 0 Å². The average Bonchev–Trinajstić information content (AvgIpc) is 2.68. The first-order valence-corrected chi connectivity index (χ1v) is 9.63. The predicted octanol–water partition coefficient (Wildman–Crippen LogP) is 3.09. The molecule has 0 saturated carbocycles. The van der Waals surface area contributed by atoms with Crippen molar-refractivity contribution in [1.82, 2.24) is 10.2 Å². The molecule has 0 aromatic heterocycles. The molecule has 2 heterocycles. The molecule has 3 atom stereocenters. The van der Waals surface area contributed by atoms with Crippen LogP contribution in [0.4, 0.5) is 0 Å². The number of nitrogens with zero attached hydrogens (tertiary/aromatic N) is 1. The summed E-state index contributed by atoms with van der Waals surface area (Å²) in [4.78, 5) is 14.9. The zero-order chi connectivity index (χ0) is 18.6. The van der Waals surface area contributed by atoms with E-state index in [-0.39, 0.29) is 24.2 Å². The van der Waals surface area contributed by atoms with Crippen molar-refractivity contribution < 1.29 is 14.3 Å². The number of amides is 1. The normalized spacial score (nSPS) is 25.3. The highest BCUT2D eigenvalue weighted by atomic mass is 16.5. The van der Waals surface area contributed by atoms with Crippen LogP contribution in [0.1, 0.15) is 36.6 Å². The third kappa shape index (κ3) is 4.31. The molecule has 0 aliphatic carbocycles. The standard InChI is InChI=1S/C22H26N2O3/c1-16-13-24(14-21(27-16)17-7-3-2-4-8-17)15-22(25)23-19-11-12-26-20-10-6-5-9-18(19)20/h2-10,16,19,21H,11-15H2,1H3,(H,23,25). The Balaban J connectivity index is 1.38. The molecule has 2 aliphatic rings. The van der Waals surface area contributed by atoms with Crippen LogP contribution in [-0.2, 0) is 9.53 Å². The highest BCUT2D eigenvalue weighted by molar-refractivity contribution is 5.78. The Hall–Kier alpha value is -2.37. The lowest BCUT2D eigenvalue weighted by atomic mass is 10.0. The molecule has 5 nitrogen and oxygen atoms in total. The minimum absolute atomic E-state index is 0.00607. The maximum Gasteiger partial charge on any atom is 0.234 e. The van der Waals surface area contributed by atoms with E-state index in [9.17, 15) is 4.79 Å². The third-order valence-electron chi connectivity index (χ3n) is 5.17. The van der Waals surface area contributed by atoms with E-state index in [0.29, 0.717) is 13.2 Å². The SMILES string of the molecule is CC1CN(CC(=O)NC2CCOc3ccccc32)CC(c2ccccc2)O1. The zero-order valence-corrected chi connectivity index (χ0v) is 15.6. The highest BCUT2D eigenvalue weighted by Crippen LogP contribution is 2.31. The number of morpholine rings is 1. The summed E-state index contributed by atoms with van der Waals surface area (Å²) < 4.78 is 11.8. The van der Waals surface area contributed by atoms with Crippen LogP contribution in [0.15, 0.2) is 54.6 Å². The Bertz CT molecular complexity index is 780. The van der Waals surface area contributed by atoms with Crippen molar-refractivity contribution in [2.75, 3.05) is 26.2 Å². The summed E-state index contributed by atoms with van der Waals surface area (Å²) in [6.45, 7) is 4.57. The van der Waals surface area contributed by atoms with E-state index in [1.807, 2.05) is 42.5 Å². The van der Waals surface area contributed by atoms with E-state index in [1.54, 1.807) is 0 Å². The third-order valence-corrected chi connectivity index (χ3v) is 5.17. The van der Waals surface area contributed by atoms with Crippen molar-refractivity contribution in [1.29, 1.82) is 0 Å². The number of hydrogen-bond acceptors (Lipinski definition) is 4. The molecule has 2 aromatic rings. The molecule has 27 heavy (non-hydrogen) atoms. The van der Waals surface area contributed by atoms with Crippen LogP contribution in [0, 0.1) is 0 Å². The molecule has 0 radical (unpaired) electrons. The molecule has 1 fully saturated rings. The maximum absolute atomic E-state index is 12.7. The van der Waals surface area contributed by atoms with Crippen LogP contribution in [-0.4, -0.2) is 43.2 Å². The van der Waals surface area contributed by atoms with Crippen molar-refractivity contribution in [2.24, 2.45) is 0 Å². The molecule has 3 unspecified atom stereocenters. The molecule has 1 N–H and O–H groups in total. The minimum Gasteiger partial charge on any atom is -0.493 e. The Kier molecular flexibility index (Phi) is 5.41. The van der Waals surface area contributed by atoms with Gasteiger partial charge < -0.3 is 14.8 Å². The molecule has 5 heteroatoms. The Morgan fingerprint density at radius 3 is 2.74 bits per heavy atom. The number of carbonyl (C=O) groups is 1. The summed E-state index contributed by atoms with van der Waals surface area (Å²) in [6, 6.07) is 18.2. The van der Waals surface area contributed by atoms with Gasteiger partial charge in [-0.3, -0.25) is 9.69 Å². The zero-order valence-electron chi connectivity index (χ0n) is 15.6. The summed E-state index contributed by atoms with van der Waals surface area (Å²) >= 11 is 0. The number of benzene rings is 2. The summed E-state index contributed by atoms with van der Waals surface area (Å²) in [5, 5.41) is 3.19. The summed E-state index contributed by atoms with van der Waals surface area (Å²) in [6.07, 6.45) is 0.904. The molecule has 0 bridgehead atoms. The van der Waals surface area contributed by atoms with Gasteiger partial charge in [-0.05, 0) is 18.6 Å². The monoisotopic (exact) mass is 366 g/mol. The predicted molar refractivity (Wildman–Crippen MR) is 104 cm³/mol. The number of para-hydroxylation sites is 1. The molecule has 1 saturated heterocycles. The number of carbonyl (C=O) groups excluding carboxylic acids is 1. The van der Waals surface area contributed by atoms with Crippen molar-refractivity contribution in [2.45, 2.75) is 31.6 Å². The molecule has 4 rings (SSSR count). The number of hydrogen-bond donors (Lipinski definition) is 1. The van der Waals surface area contributed by atoms with Crippen LogP contribution >= 0.6 is 0 Å². The first kappa shape index (κ1) is 18.0. The smallest absolute Gasteiger partial charge is 0.234 e. The van der Waals surface area contributed by atoms with Gasteiger partial charge in [0.05, 0.1) is 31.4 Å². The highest BCUT2D eigenvalue weighted by Gasteiger charge is 2.29. The fourth-order valence-electron chi connectivity index (χ4n) is 3.95. The van der Waals surface area contributed by atoms with Gasteiger partial charge in [0.25, 0.3) is 0 Å². The van der Waals surface area contributed by atoms with Gasteiger partial charge in [0, 0.05) is 25.1 Å². The first-order chi connectivity index (χ1) is 13.2. The van der Waals surface area contributed by atoms with E-state index in [4.69, 9.17) is 9.47 Å². The second-order valence-corrected chi connectivity index (χ2v) is 7.34. The molecular formula is C22H26N2O3. The average molecular weight is 366 g/mol. The van der Waals surface area contributed by atoms with E-state index in [1.165, 1.54) is 0 Å². The summed E-state index contributed by atoms with van der Waals surface area (Å²) in [5.41, 5.74) is 2.22. The van der Waals surface area contributed by atoms with E-state index in [2.05, 4.69) is 29.3 Å². The lowest BCUT2D eigenvalue weighted by molar-refractivity contribution is -0.127. The molecule has 2 aromatic carbocycles. The molecule has 2 aliphatic heterocycles. The van der Waals surface area contributed by atoms with Gasteiger partial charge in [-0.15, -0.1) is 0 Å². The van der Waals surface area contributed by atoms with E-state index >= 15 is 0 Å². The molecule has 142 valence electrons. The van der Waals surface area contributed by atoms with E-state index < -0.39 is 0 Å². The van der Waals surface area contributed by atoms with Gasteiger partial charge in [-0.2, -0.15) is 0 Å². The van der Waals surface area contributed by atoms with Crippen molar-refractivity contribution in [3.8, 4) is 5.75 Å². The molecular weight excluding hydrogens is 340 g/mol. The first-order valence-electron chi connectivity index (χ1n) is 9.63. The van der Waals surface area contributed by atoms with Gasteiger partial charge in [-0.25, -0.2) is 0 Å². The molecule has 1 amide bonds. The summed E-state index contributed by atoms with van der Waals surface area (Å²) in [7, 11) is 0. The lowest BCUT2D eigenvalue weighted by Crippen LogP contribution is -2.47. The van der Waals surface area contributed by atoms with Crippen molar-refractivity contribution in [3.63, 3.8) is 0 Å². The Labute approximate surface area is 160 Å². The largest absolute Gasteiger partial charge is 0.493 e. The van der Waals surface area contributed by atoms with Crippen molar-refractivity contribution in [3.05, 3.63) is 65.7 Å². The van der Waals surface area contributed by atoms with E-state index in [0.717, 1.165) is 36.4 Å². The Morgan fingerprint density at radius 2 is 1.89 bits per heavy atom. The Morgan fingerprint density at radius 1 is 1.11 bits per heavy atom. The minimum atomic E-state index is 0.00607. The van der Waals surface area contributed by atoms with Crippen molar-refractivity contribution >= 4 is 5.91 Å². The number of rotatable bonds is 4. The summed E-state index contributed by atoms with van der Waals surface area (Å²) in [5.74, 6) is 0.927. The quantitative estimate of drug-likeness (QED) is 0.903. The number of fused-ring (bicyclic) bond motifs is 1. The fraction of sp³-hybridized carbons (Fsp3) is 0.409. The number of ether oxygens (including phenoxy) is 2. The van der Waals surface area contributed by atoms with Gasteiger partial charge in [0.15, 0.2) is 0 Å². The fourth-order valence-corrected chi connectivity index (χ4v) is 3.95. The van der Waals surface area contributed by atoms with Gasteiger partial charge in [-0.1, -0.05) is 48.5 Å².